The molecule has 1 atom stereocenters. The Hall–Kier alpha value is -2.37. The van der Waals surface area contributed by atoms with E-state index in [1.54, 1.807) is 12.1 Å². The number of imide groups is 1. The average Bonchev–Trinajstić information content (AvgIpc) is 2.67. The largest absolute Gasteiger partial charge is 0.370 e. The van der Waals surface area contributed by atoms with Gasteiger partial charge in [0.2, 0.25) is 5.91 Å². The Morgan fingerprint density at radius 2 is 1.95 bits per heavy atom. The lowest BCUT2D eigenvalue weighted by Crippen LogP contribution is -2.32. The van der Waals surface area contributed by atoms with E-state index in [0.29, 0.717) is 6.42 Å². The number of hydrogen-bond donors (Lipinski definition) is 2. The fourth-order valence-corrected chi connectivity index (χ4v) is 2.01. The molecule has 0 aliphatic carbocycles. The number of nitrogens with zero attached hydrogens (tertiary/aromatic N) is 1. The lowest BCUT2D eigenvalue weighted by molar-refractivity contribution is -0.128. The van der Waals surface area contributed by atoms with Gasteiger partial charge in [-0.15, -0.1) is 0 Å². The summed E-state index contributed by atoms with van der Waals surface area (Å²) in [5.74, 6) is -0.729. The van der Waals surface area contributed by atoms with Crippen LogP contribution in [-0.2, 0) is 9.59 Å². The van der Waals surface area contributed by atoms with E-state index < -0.39 is 18.0 Å². The number of nitrogens with one attached hydrogen (secondary N) is 1. The first kappa shape index (κ1) is 13.1. The van der Waals surface area contributed by atoms with E-state index >= 15 is 0 Å². The van der Waals surface area contributed by atoms with E-state index in [9.17, 15) is 14.4 Å². The van der Waals surface area contributed by atoms with Crippen LogP contribution in [-0.4, -0.2) is 29.3 Å². The van der Waals surface area contributed by atoms with Crippen LogP contribution >= 0.6 is 0 Å². The Morgan fingerprint density at radius 1 is 1.26 bits per heavy atom. The van der Waals surface area contributed by atoms with Crippen molar-refractivity contribution in [3.63, 3.8) is 0 Å². The number of amides is 4. The summed E-state index contributed by atoms with van der Waals surface area (Å²) in [6, 6.07) is 7.97. The van der Waals surface area contributed by atoms with Gasteiger partial charge in [-0.25, -0.2) is 4.79 Å². The second kappa shape index (κ2) is 5.51. The molecule has 4 amide bonds. The minimum Gasteiger partial charge on any atom is -0.370 e. The number of primary amides is 1. The number of hydrogen-bond acceptors (Lipinski definition) is 3. The lowest BCUT2D eigenvalue weighted by Gasteiger charge is -2.12. The third-order valence-corrected chi connectivity index (χ3v) is 2.96. The molecule has 0 saturated carbocycles. The van der Waals surface area contributed by atoms with E-state index in [1.165, 1.54) is 0 Å². The van der Waals surface area contributed by atoms with Crippen LogP contribution in [0.4, 0.5) is 4.79 Å². The van der Waals surface area contributed by atoms with E-state index in [2.05, 4.69) is 5.32 Å². The minimum absolute atomic E-state index is 0.160. The predicted molar refractivity (Wildman–Crippen MR) is 67.9 cm³/mol. The first-order valence-corrected chi connectivity index (χ1v) is 6.04. The molecule has 6 nitrogen and oxygen atoms in total. The minimum atomic E-state index is -0.637. The highest BCUT2D eigenvalue weighted by Crippen LogP contribution is 2.21. The summed E-state index contributed by atoms with van der Waals surface area (Å²) < 4.78 is 0. The monoisotopic (exact) mass is 261 g/mol. The van der Waals surface area contributed by atoms with E-state index in [-0.39, 0.29) is 18.9 Å². The highest BCUT2D eigenvalue weighted by Gasteiger charge is 2.38. The highest BCUT2D eigenvalue weighted by molar-refractivity contribution is 6.04. The lowest BCUT2D eigenvalue weighted by atomic mass is 10.1. The molecule has 19 heavy (non-hydrogen) atoms. The van der Waals surface area contributed by atoms with Crippen LogP contribution in [0.5, 0.6) is 0 Å². The molecule has 0 spiro atoms. The standard InChI is InChI=1S/C13H15N3O3/c14-10(17)7-4-8-16-12(18)11(15-13(16)19)9-5-2-1-3-6-9/h1-3,5-6,11H,4,7-8H2,(H2,14,17)(H,15,19). The molecule has 1 aromatic carbocycles. The fourth-order valence-electron chi connectivity index (χ4n) is 2.01. The van der Waals surface area contributed by atoms with Gasteiger partial charge in [0.25, 0.3) is 5.91 Å². The summed E-state index contributed by atoms with van der Waals surface area (Å²) in [6.45, 7) is 0.205. The number of carbonyl (C=O) groups is 3. The van der Waals surface area contributed by atoms with Crippen molar-refractivity contribution in [2.24, 2.45) is 5.73 Å². The number of rotatable bonds is 5. The molecule has 3 N–H and O–H groups in total. The van der Waals surface area contributed by atoms with E-state index in [0.717, 1.165) is 10.5 Å². The summed E-state index contributed by atoms with van der Waals surface area (Å²) in [5, 5.41) is 2.63. The third kappa shape index (κ3) is 2.90. The van der Waals surface area contributed by atoms with Crippen molar-refractivity contribution in [2.75, 3.05) is 6.54 Å². The summed E-state index contributed by atoms with van der Waals surface area (Å²) >= 11 is 0. The fraction of sp³-hybridized carbons (Fsp3) is 0.308. The molecule has 1 aromatic rings. The first-order valence-electron chi connectivity index (χ1n) is 6.04. The van der Waals surface area contributed by atoms with Crippen molar-refractivity contribution in [3.05, 3.63) is 35.9 Å². The molecule has 0 bridgehead atoms. The van der Waals surface area contributed by atoms with Crippen LogP contribution < -0.4 is 11.1 Å². The molecule has 2 rings (SSSR count). The molecule has 1 fully saturated rings. The van der Waals surface area contributed by atoms with Crippen molar-refractivity contribution >= 4 is 17.8 Å². The zero-order valence-electron chi connectivity index (χ0n) is 10.3. The topological polar surface area (TPSA) is 92.5 Å². The molecule has 6 heteroatoms. The number of nitrogens with two attached hydrogens (primary N) is 1. The second-order valence-corrected chi connectivity index (χ2v) is 4.35. The molecule has 100 valence electrons. The van der Waals surface area contributed by atoms with Gasteiger partial charge in [-0.05, 0) is 12.0 Å². The van der Waals surface area contributed by atoms with Gasteiger partial charge in [0.15, 0.2) is 0 Å². The smallest absolute Gasteiger partial charge is 0.325 e. The van der Waals surface area contributed by atoms with Crippen molar-refractivity contribution in [1.29, 1.82) is 0 Å². The Bertz CT molecular complexity index is 501. The first-order chi connectivity index (χ1) is 9.09. The predicted octanol–water partition coefficient (Wildman–Crippen LogP) is 0.545. The van der Waals surface area contributed by atoms with Gasteiger partial charge < -0.3 is 11.1 Å². The van der Waals surface area contributed by atoms with Crippen LogP contribution in [0.15, 0.2) is 30.3 Å². The van der Waals surface area contributed by atoms with E-state index in [1.807, 2.05) is 18.2 Å². The molecular formula is C13H15N3O3. The van der Waals surface area contributed by atoms with Crippen LogP contribution in [0.3, 0.4) is 0 Å². The maximum atomic E-state index is 12.1. The van der Waals surface area contributed by atoms with Gasteiger partial charge in [-0.1, -0.05) is 30.3 Å². The molecule has 1 aliphatic rings. The third-order valence-electron chi connectivity index (χ3n) is 2.96. The van der Waals surface area contributed by atoms with Crippen LogP contribution in [0, 0.1) is 0 Å². The molecule has 0 aromatic heterocycles. The molecule has 1 saturated heterocycles. The number of benzene rings is 1. The van der Waals surface area contributed by atoms with E-state index in [4.69, 9.17) is 5.73 Å². The Balaban J connectivity index is 2.02. The maximum Gasteiger partial charge on any atom is 0.325 e. The molecule has 0 radical (unpaired) electrons. The van der Waals surface area contributed by atoms with Gasteiger partial charge in [0, 0.05) is 13.0 Å². The molecule has 1 heterocycles. The van der Waals surface area contributed by atoms with Crippen LogP contribution in [0.25, 0.3) is 0 Å². The van der Waals surface area contributed by atoms with Gasteiger partial charge in [0.05, 0.1) is 0 Å². The highest BCUT2D eigenvalue weighted by atomic mass is 16.2. The van der Waals surface area contributed by atoms with Crippen molar-refractivity contribution in [1.82, 2.24) is 10.2 Å². The number of carbonyl (C=O) groups excluding carboxylic acids is 3. The average molecular weight is 261 g/mol. The summed E-state index contributed by atoms with van der Waals surface area (Å²) in [5.41, 5.74) is 5.77. The Kier molecular flexibility index (Phi) is 3.79. The summed E-state index contributed by atoms with van der Waals surface area (Å²) in [7, 11) is 0. The quantitative estimate of drug-likeness (QED) is 0.758. The zero-order chi connectivity index (χ0) is 13.8. The van der Waals surface area contributed by atoms with Gasteiger partial charge in [0.1, 0.15) is 6.04 Å². The Labute approximate surface area is 110 Å². The molecule has 1 unspecified atom stereocenters. The van der Waals surface area contributed by atoms with Gasteiger partial charge in [-0.3, -0.25) is 14.5 Å². The van der Waals surface area contributed by atoms with Crippen molar-refractivity contribution in [2.45, 2.75) is 18.9 Å². The van der Waals surface area contributed by atoms with Gasteiger partial charge in [-0.2, -0.15) is 0 Å². The Morgan fingerprint density at radius 3 is 2.58 bits per heavy atom. The number of urea groups is 1. The van der Waals surface area contributed by atoms with Gasteiger partial charge >= 0.3 is 6.03 Å². The summed E-state index contributed by atoms with van der Waals surface area (Å²) in [4.78, 5) is 35.6. The second-order valence-electron chi connectivity index (χ2n) is 4.35. The summed E-state index contributed by atoms with van der Waals surface area (Å²) in [6.07, 6.45) is 0.545. The maximum absolute atomic E-state index is 12.1. The SMILES string of the molecule is NC(=O)CCCN1C(=O)NC(c2ccccc2)C1=O. The van der Waals surface area contributed by atoms with Crippen molar-refractivity contribution in [3.8, 4) is 0 Å². The van der Waals surface area contributed by atoms with Crippen molar-refractivity contribution < 1.29 is 14.4 Å². The van der Waals surface area contributed by atoms with Crippen LogP contribution in [0.2, 0.25) is 0 Å². The molecular weight excluding hydrogens is 246 g/mol. The zero-order valence-corrected chi connectivity index (χ0v) is 10.3. The molecule has 1 aliphatic heterocycles. The van der Waals surface area contributed by atoms with Crippen LogP contribution in [0.1, 0.15) is 24.4 Å². The normalized spacial score (nSPS) is 18.5.